The van der Waals surface area contributed by atoms with Crippen molar-refractivity contribution < 1.29 is 0 Å². The topological polar surface area (TPSA) is 74.7 Å². The van der Waals surface area contributed by atoms with Gasteiger partial charge in [0, 0.05) is 5.02 Å². The molecule has 0 aliphatic carbocycles. The quantitative estimate of drug-likeness (QED) is 0.867. The molecule has 0 atom stereocenters. The molecule has 0 unspecified atom stereocenters. The highest BCUT2D eigenvalue weighted by Crippen LogP contribution is 2.24. The summed E-state index contributed by atoms with van der Waals surface area (Å²) in [5, 5.41) is 12.6. The van der Waals surface area contributed by atoms with Crippen molar-refractivity contribution in [3.05, 3.63) is 46.6 Å². The second-order valence-corrected chi connectivity index (χ2v) is 4.29. The third-order valence-electron chi connectivity index (χ3n) is 2.52. The van der Waals surface area contributed by atoms with Gasteiger partial charge in [-0.25, -0.2) is 4.98 Å². The van der Waals surface area contributed by atoms with Crippen LogP contribution in [0.3, 0.4) is 0 Å². The van der Waals surface area contributed by atoms with Crippen molar-refractivity contribution in [2.75, 3.05) is 11.1 Å². The molecule has 2 aromatic rings. The second kappa shape index (κ2) is 4.94. The maximum atomic E-state index is 9.01. The van der Waals surface area contributed by atoms with Gasteiger partial charge < -0.3 is 11.1 Å². The van der Waals surface area contributed by atoms with Crippen molar-refractivity contribution in [2.24, 2.45) is 0 Å². The Hall–Kier alpha value is -2.25. The van der Waals surface area contributed by atoms with E-state index in [1.54, 1.807) is 24.4 Å². The largest absolute Gasteiger partial charge is 0.397 e. The molecule has 0 aliphatic heterocycles. The van der Waals surface area contributed by atoms with Crippen molar-refractivity contribution in [3.63, 3.8) is 0 Å². The Labute approximate surface area is 110 Å². The number of anilines is 3. The highest BCUT2D eigenvalue weighted by Gasteiger charge is 2.05. The minimum atomic E-state index is 0.510. The van der Waals surface area contributed by atoms with Crippen LogP contribution >= 0.6 is 11.6 Å². The van der Waals surface area contributed by atoms with Gasteiger partial charge in [0.2, 0.25) is 0 Å². The molecule has 0 spiro atoms. The lowest BCUT2D eigenvalue weighted by Crippen LogP contribution is -1.98. The van der Waals surface area contributed by atoms with Gasteiger partial charge in [0.05, 0.1) is 23.1 Å². The first-order valence-corrected chi connectivity index (χ1v) is 5.67. The minimum Gasteiger partial charge on any atom is -0.397 e. The van der Waals surface area contributed by atoms with Crippen LogP contribution in [0.1, 0.15) is 11.1 Å². The normalized spacial score (nSPS) is 9.83. The number of rotatable bonds is 2. The number of nitriles is 1. The lowest BCUT2D eigenvalue weighted by molar-refractivity contribution is 1.27. The lowest BCUT2D eigenvalue weighted by Gasteiger charge is -2.09. The Morgan fingerprint density at radius 1 is 1.39 bits per heavy atom. The summed E-state index contributed by atoms with van der Waals surface area (Å²) < 4.78 is 0. The fourth-order valence-corrected chi connectivity index (χ4v) is 1.66. The summed E-state index contributed by atoms with van der Waals surface area (Å²) in [6.45, 7) is 1.89. The Morgan fingerprint density at radius 3 is 2.83 bits per heavy atom. The van der Waals surface area contributed by atoms with Gasteiger partial charge in [0.15, 0.2) is 0 Å². The standard InChI is InChI=1S/C13H11ClN4/c1-8-4-13(17-7-11(8)16)18-12-5-10(14)3-2-9(12)6-15/h2-5,7H,16H2,1H3,(H,17,18). The minimum absolute atomic E-state index is 0.510. The number of nitrogens with zero attached hydrogens (tertiary/aromatic N) is 2. The van der Waals surface area contributed by atoms with E-state index in [-0.39, 0.29) is 0 Å². The lowest BCUT2D eigenvalue weighted by atomic mass is 10.2. The smallest absolute Gasteiger partial charge is 0.130 e. The van der Waals surface area contributed by atoms with Gasteiger partial charge in [-0.2, -0.15) is 5.26 Å². The maximum absolute atomic E-state index is 9.01. The van der Waals surface area contributed by atoms with Gasteiger partial charge in [-0.1, -0.05) is 11.6 Å². The molecule has 0 saturated carbocycles. The maximum Gasteiger partial charge on any atom is 0.130 e. The molecule has 2 rings (SSSR count). The third kappa shape index (κ3) is 2.53. The highest BCUT2D eigenvalue weighted by molar-refractivity contribution is 6.30. The Kier molecular flexibility index (Phi) is 3.35. The zero-order valence-corrected chi connectivity index (χ0v) is 10.5. The first-order chi connectivity index (χ1) is 8.60. The van der Waals surface area contributed by atoms with Crippen LogP contribution in [0.15, 0.2) is 30.5 Å². The molecule has 1 heterocycles. The average molecular weight is 259 g/mol. The summed E-state index contributed by atoms with van der Waals surface area (Å²) in [7, 11) is 0. The molecule has 3 N–H and O–H groups in total. The number of halogens is 1. The Morgan fingerprint density at radius 2 is 2.17 bits per heavy atom. The summed E-state index contributed by atoms with van der Waals surface area (Å²) in [5.74, 6) is 0.625. The number of aryl methyl sites for hydroxylation is 1. The number of hydrogen-bond acceptors (Lipinski definition) is 4. The molecule has 0 aliphatic rings. The number of nitrogens with two attached hydrogens (primary N) is 1. The van der Waals surface area contributed by atoms with E-state index < -0.39 is 0 Å². The number of hydrogen-bond donors (Lipinski definition) is 2. The predicted octanol–water partition coefficient (Wildman–Crippen LogP) is 3.24. The van der Waals surface area contributed by atoms with E-state index in [2.05, 4.69) is 16.4 Å². The molecule has 0 bridgehead atoms. The molecule has 1 aromatic carbocycles. The number of nitrogens with one attached hydrogen (secondary N) is 1. The number of aromatic nitrogens is 1. The Bertz CT molecular complexity index is 631. The molecule has 5 heteroatoms. The Balaban J connectivity index is 2.36. The van der Waals surface area contributed by atoms with Gasteiger partial charge in [0.1, 0.15) is 11.9 Å². The fourth-order valence-electron chi connectivity index (χ4n) is 1.49. The third-order valence-corrected chi connectivity index (χ3v) is 2.75. The molecule has 0 amide bonds. The molecule has 0 radical (unpaired) electrons. The van der Waals surface area contributed by atoms with Crippen molar-refractivity contribution in [1.82, 2.24) is 4.98 Å². The van der Waals surface area contributed by atoms with Crippen LogP contribution in [0.5, 0.6) is 0 Å². The van der Waals surface area contributed by atoms with Gasteiger partial charge in [-0.15, -0.1) is 0 Å². The number of pyridine rings is 1. The van der Waals surface area contributed by atoms with E-state index in [9.17, 15) is 0 Å². The predicted molar refractivity (Wildman–Crippen MR) is 72.8 cm³/mol. The monoisotopic (exact) mass is 258 g/mol. The summed E-state index contributed by atoms with van der Waals surface area (Å²) in [6.07, 6.45) is 1.58. The van der Waals surface area contributed by atoms with E-state index in [1.165, 1.54) is 0 Å². The molecular weight excluding hydrogens is 248 g/mol. The molecule has 18 heavy (non-hydrogen) atoms. The summed E-state index contributed by atoms with van der Waals surface area (Å²) in [5.41, 5.74) is 8.39. The van der Waals surface area contributed by atoms with Gasteiger partial charge in [0.25, 0.3) is 0 Å². The van der Waals surface area contributed by atoms with Gasteiger partial charge in [-0.05, 0) is 36.8 Å². The molecule has 1 aromatic heterocycles. The first kappa shape index (κ1) is 12.2. The van der Waals surface area contributed by atoms with Crippen molar-refractivity contribution in [2.45, 2.75) is 6.92 Å². The summed E-state index contributed by atoms with van der Waals surface area (Å²) in [6, 6.07) is 8.94. The van der Waals surface area contributed by atoms with E-state index in [0.29, 0.717) is 27.8 Å². The SMILES string of the molecule is Cc1cc(Nc2cc(Cl)ccc2C#N)ncc1N. The summed E-state index contributed by atoms with van der Waals surface area (Å²) in [4.78, 5) is 4.15. The summed E-state index contributed by atoms with van der Waals surface area (Å²) >= 11 is 5.91. The molecule has 0 saturated heterocycles. The van der Waals surface area contributed by atoms with Crippen LogP contribution in [-0.2, 0) is 0 Å². The molecule has 4 nitrogen and oxygen atoms in total. The van der Waals surface area contributed by atoms with Crippen LogP contribution in [0, 0.1) is 18.3 Å². The van der Waals surface area contributed by atoms with Crippen LogP contribution in [-0.4, -0.2) is 4.98 Å². The zero-order chi connectivity index (χ0) is 13.1. The molecule has 0 fully saturated rings. The fraction of sp³-hybridized carbons (Fsp3) is 0.0769. The number of nitrogen functional groups attached to an aromatic ring is 1. The van der Waals surface area contributed by atoms with Crippen LogP contribution in [0.4, 0.5) is 17.2 Å². The van der Waals surface area contributed by atoms with Crippen molar-refractivity contribution >= 4 is 28.8 Å². The highest BCUT2D eigenvalue weighted by atomic mass is 35.5. The van der Waals surface area contributed by atoms with Crippen LogP contribution < -0.4 is 11.1 Å². The zero-order valence-electron chi connectivity index (χ0n) is 9.74. The van der Waals surface area contributed by atoms with E-state index in [1.807, 2.05) is 13.0 Å². The number of benzene rings is 1. The average Bonchev–Trinajstić information content (AvgIpc) is 2.34. The van der Waals surface area contributed by atoms with Crippen molar-refractivity contribution in [3.8, 4) is 6.07 Å². The molecule has 90 valence electrons. The van der Waals surface area contributed by atoms with Crippen molar-refractivity contribution in [1.29, 1.82) is 5.26 Å². The van der Waals surface area contributed by atoms with Crippen LogP contribution in [0.25, 0.3) is 0 Å². The van der Waals surface area contributed by atoms with E-state index >= 15 is 0 Å². The van der Waals surface area contributed by atoms with E-state index in [0.717, 1.165) is 5.56 Å². The second-order valence-electron chi connectivity index (χ2n) is 3.85. The van der Waals surface area contributed by atoms with Gasteiger partial charge >= 0.3 is 0 Å². The molecular formula is C13H11ClN4. The van der Waals surface area contributed by atoms with Crippen LogP contribution in [0.2, 0.25) is 5.02 Å². The van der Waals surface area contributed by atoms with Gasteiger partial charge in [-0.3, -0.25) is 0 Å². The van der Waals surface area contributed by atoms with E-state index in [4.69, 9.17) is 22.6 Å². The first-order valence-electron chi connectivity index (χ1n) is 5.29.